The Hall–Kier alpha value is -2.09. The molecule has 1 aromatic rings. The van der Waals surface area contributed by atoms with Gasteiger partial charge in [-0.05, 0) is 18.2 Å². The zero-order valence-electron chi connectivity index (χ0n) is 12.8. The summed E-state index contributed by atoms with van der Waals surface area (Å²) in [7, 11) is 0. The molecule has 4 atom stereocenters. The van der Waals surface area contributed by atoms with Crippen LogP contribution in [0.5, 0.6) is 0 Å². The second-order valence-electron chi connectivity index (χ2n) is 6.46. The molecule has 5 heterocycles. The van der Waals surface area contributed by atoms with E-state index in [2.05, 4.69) is 4.98 Å². The van der Waals surface area contributed by atoms with Gasteiger partial charge in [0.25, 0.3) is 0 Å². The quantitative estimate of drug-likeness (QED) is 0.585. The molecule has 5 rings (SSSR count). The van der Waals surface area contributed by atoms with E-state index in [0.717, 1.165) is 0 Å². The highest BCUT2D eigenvalue weighted by Crippen LogP contribution is 2.54. The molecule has 2 amide bonds. The number of fused-ring (bicyclic) bond motifs is 5. The van der Waals surface area contributed by atoms with Crippen molar-refractivity contribution in [3.63, 3.8) is 0 Å². The van der Waals surface area contributed by atoms with Gasteiger partial charge < -0.3 is 14.2 Å². The summed E-state index contributed by atoms with van der Waals surface area (Å²) in [6.45, 7) is 1.11. The summed E-state index contributed by atoms with van der Waals surface area (Å²) < 4.78 is 17.2. The van der Waals surface area contributed by atoms with E-state index < -0.39 is 29.8 Å². The molecule has 4 aliphatic rings. The molecule has 7 nitrogen and oxygen atoms in total. The standard InChI is InChI=1S/C17H16N2O5/c20-14-12-11-4-5-17(24-11,16-22-7-8-23-16)13(12)15(21)19(14)9-10-3-1-2-6-18-10/h1-6,11-13,16H,7-9H2. The Morgan fingerprint density at radius 1 is 1.21 bits per heavy atom. The number of likely N-dealkylation sites (tertiary alicyclic amines) is 1. The Bertz CT molecular complexity index is 730. The molecule has 3 fully saturated rings. The lowest BCUT2D eigenvalue weighted by atomic mass is 9.76. The van der Waals surface area contributed by atoms with Gasteiger partial charge in [-0.3, -0.25) is 19.5 Å². The Kier molecular flexibility index (Phi) is 2.94. The molecule has 0 aromatic carbocycles. The number of carbonyl (C=O) groups excluding carboxylic acids is 2. The maximum Gasteiger partial charge on any atom is 0.237 e. The van der Waals surface area contributed by atoms with Crippen molar-refractivity contribution in [3.8, 4) is 0 Å². The van der Waals surface area contributed by atoms with E-state index in [-0.39, 0.29) is 18.4 Å². The van der Waals surface area contributed by atoms with Crippen LogP contribution in [0.4, 0.5) is 0 Å². The smallest absolute Gasteiger partial charge is 0.237 e. The molecule has 4 unspecified atom stereocenters. The zero-order chi connectivity index (χ0) is 16.3. The van der Waals surface area contributed by atoms with Gasteiger partial charge in [0.2, 0.25) is 11.8 Å². The van der Waals surface area contributed by atoms with Crippen molar-refractivity contribution in [3.05, 3.63) is 42.2 Å². The maximum absolute atomic E-state index is 13.0. The normalized spacial score (nSPS) is 37.7. The predicted octanol–water partition coefficient (Wildman–Crippen LogP) is 0.263. The summed E-state index contributed by atoms with van der Waals surface area (Å²) in [6.07, 6.45) is 4.30. The Balaban J connectivity index is 1.48. The molecule has 0 N–H and O–H groups in total. The minimum absolute atomic E-state index is 0.181. The summed E-state index contributed by atoms with van der Waals surface area (Å²) in [5.41, 5.74) is -0.305. The molecule has 0 radical (unpaired) electrons. The monoisotopic (exact) mass is 328 g/mol. The summed E-state index contributed by atoms with van der Waals surface area (Å²) in [5, 5.41) is 0. The first kappa shape index (κ1) is 14.3. The van der Waals surface area contributed by atoms with Crippen molar-refractivity contribution >= 4 is 11.8 Å². The third kappa shape index (κ3) is 1.74. The molecule has 3 saturated heterocycles. The molecular formula is C17H16N2O5. The van der Waals surface area contributed by atoms with Gasteiger partial charge in [-0.1, -0.05) is 12.1 Å². The minimum Gasteiger partial charge on any atom is -0.357 e. The fourth-order valence-electron chi connectivity index (χ4n) is 4.20. The van der Waals surface area contributed by atoms with E-state index in [0.29, 0.717) is 18.9 Å². The molecule has 0 aliphatic carbocycles. The number of aromatic nitrogens is 1. The lowest BCUT2D eigenvalue weighted by Crippen LogP contribution is -2.49. The van der Waals surface area contributed by atoms with E-state index in [1.54, 1.807) is 18.3 Å². The highest BCUT2D eigenvalue weighted by Gasteiger charge is 2.71. The van der Waals surface area contributed by atoms with Crippen LogP contribution in [0.25, 0.3) is 0 Å². The lowest BCUT2D eigenvalue weighted by Gasteiger charge is -2.32. The van der Waals surface area contributed by atoms with Crippen LogP contribution < -0.4 is 0 Å². The number of imide groups is 1. The highest BCUT2D eigenvalue weighted by molar-refractivity contribution is 6.07. The molecule has 0 spiro atoms. The van der Waals surface area contributed by atoms with Gasteiger partial charge in [-0.2, -0.15) is 0 Å². The van der Waals surface area contributed by atoms with Gasteiger partial charge in [-0.25, -0.2) is 0 Å². The van der Waals surface area contributed by atoms with Crippen molar-refractivity contribution in [2.45, 2.75) is 24.5 Å². The van der Waals surface area contributed by atoms with Crippen molar-refractivity contribution in [1.82, 2.24) is 9.88 Å². The number of nitrogens with zero attached hydrogens (tertiary/aromatic N) is 2. The Labute approximate surface area is 138 Å². The fourth-order valence-corrected chi connectivity index (χ4v) is 4.20. The number of carbonyl (C=O) groups is 2. The number of pyridine rings is 1. The number of hydrogen-bond donors (Lipinski definition) is 0. The van der Waals surface area contributed by atoms with Crippen LogP contribution in [0, 0.1) is 11.8 Å². The van der Waals surface area contributed by atoms with Crippen molar-refractivity contribution in [1.29, 1.82) is 0 Å². The minimum atomic E-state index is -0.989. The molecule has 4 aliphatic heterocycles. The van der Waals surface area contributed by atoms with E-state index >= 15 is 0 Å². The average Bonchev–Trinajstić information content (AvgIpc) is 3.36. The van der Waals surface area contributed by atoms with Gasteiger partial charge in [-0.15, -0.1) is 0 Å². The van der Waals surface area contributed by atoms with Crippen LogP contribution in [-0.4, -0.2) is 52.9 Å². The third-order valence-corrected chi connectivity index (χ3v) is 5.21. The third-order valence-electron chi connectivity index (χ3n) is 5.21. The SMILES string of the molecule is O=C1C2C3C=CC(C4OCCO4)(O3)C2C(=O)N1Cc1ccccn1. The summed E-state index contributed by atoms with van der Waals surface area (Å²) >= 11 is 0. The van der Waals surface area contributed by atoms with Crippen molar-refractivity contribution < 1.29 is 23.8 Å². The molecule has 1 aromatic heterocycles. The molecule has 0 saturated carbocycles. The van der Waals surface area contributed by atoms with E-state index in [4.69, 9.17) is 14.2 Å². The van der Waals surface area contributed by atoms with Gasteiger partial charge in [0.1, 0.15) is 0 Å². The number of rotatable bonds is 3. The largest absolute Gasteiger partial charge is 0.357 e. The van der Waals surface area contributed by atoms with E-state index in [1.165, 1.54) is 4.90 Å². The van der Waals surface area contributed by atoms with Crippen LogP contribution in [0.15, 0.2) is 36.5 Å². The van der Waals surface area contributed by atoms with Crippen LogP contribution in [-0.2, 0) is 30.3 Å². The van der Waals surface area contributed by atoms with Crippen molar-refractivity contribution in [2.75, 3.05) is 13.2 Å². The average molecular weight is 328 g/mol. The second-order valence-corrected chi connectivity index (χ2v) is 6.46. The number of amides is 2. The van der Waals surface area contributed by atoms with Crippen molar-refractivity contribution in [2.24, 2.45) is 11.8 Å². The molecule has 24 heavy (non-hydrogen) atoms. The summed E-state index contributed by atoms with van der Waals surface area (Å²) in [6, 6.07) is 5.44. The first-order valence-corrected chi connectivity index (χ1v) is 8.06. The van der Waals surface area contributed by atoms with Gasteiger partial charge in [0, 0.05) is 6.20 Å². The van der Waals surface area contributed by atoms with Crippen LogP contribution in [0.1, 0.15) is 5.69 Å². The van der Waals surface area contributed by atoms with Gasteiger partial charge >= 0.3 is 0 Å². The second kappa shape index (κ2) is 4.95. The van der Waals surface area contributed by atoms with Crippen LogP contribution >= 0.6 is 0 Å². The highest BCUT2D eigenvalue weighted by atomic mass is 16.7. The number of hydrogen-bond acceptors (Lipinski definition) is 6. The summed E-state index contributed by atoms with van der Waals surface area (Å²) in [5.74, 6) is -1.53. The molecule has 124 valence electrons. The first-order chi connectivity index (χ1) is 11.7. The van der Waals surface area contributed by atoms with E-state index in [9.17, 15) is 9.59 Å². The molecule has 2 bridgehead atoms. The van der Waals surface area contributed by atoms with Crippen LogP contribution in [0.3, 0.4) is 0 Å². The van der Waals surface area contributed by atoms with E-state index in [1.807, 2.05) is 18.2 Å². The van der Waals surface area contributed by atoms with Gasteiger partial charge in [0.05, 0.1) is 43.4 Å². The van der Waals surface area contributed by atoms with Gasteiger partial charge in [0.15, 0.2) is 11.9 Å². The molecule has 7 heteroatoms. The lowest BCUT2D eigenvalue weighted by molar-refractivity contribution is -0.183. The Morgan fingerprint density at radius 2 is 2.04 bits per heavy atom. The first-order valence-electron chi connectivity index (χ1n) is 8.06. The number of ether oxygens (including phenoxy) is 3. The zero-order valence-corrected chi connectivity index (χ0v) is 12.8. The molecular weight excluding hydrogens is 312 g/mol. The maximum atomic E-state index is 13.0. The van der Waals surface area contributed by atoms with Crippen LogP contribution in [0.2, 0.25) is 0 Å². The Morgan fingerprint density at radius 3 is 2.79 bits per heavy atom. The predicted molar refractivity (Wildman–Crippen MR) is 79.2 cm³/mol. The summed E-state index contributed by atoms with van der Waals surface area (Å²) in [4.78, 5) is 31.3. The topological polar surface area (TPSA) is 78.0 Å². The fraction of sp³-hybridized carbons (Fsp3) is 0.471.